The van der Waals surface area contributed by atoms with Crippen molar-refractivity contribution in [2.75, 3.05) is 16.8 Å². The Balaban J connectivity index is 1.50. The van der Waals surface area contributed by atoms with Crippen LogP contribution in [0.3, 0.4) is 0 Å². The summed E-state index contributed by atoms with van der Waals surface area (Å²) in [7, 11) is 0. The molecule has 0 bridgehead atoms. The van der Waals surface area contributed by atoms with Crippen LogP contribution in [0.4, 0.5) is 16.2 Å². The van der Waals surface area contributed by atoms with Gasteiger partial charge in [-0.2, -0.15) is 0 Å². The predicted octanol–water partition coefficient (Wildman–Crippen LogP) is 5.86. The molecule has 0 radical (unpaired) electrons. The second-order valence-electron chi connectivity index (χ2n) is 7.91. The van der Waals surface area contributed by atoms with E-state index >= 15 is 0 Å². The van der Waals surface area contributed by atoms with Crippen molar-refractivity contribution >= 4 is 84.7 Å². The number of carbonyl (C=O) groups is 4. The number of carbonyl (C=O) groups excluding carboxylic acids is 4. The van der Waals surface area contributed by atoms with E-state index in [1.54, 1.807) is 60.7 Å². The first-order valence-electron chi connectivity index (χ1n) is 10.8. The van der Waals surface area contributed by atoms with Crippen LogP contribution < -0.4 is 20.3 Å². The zero-order valence-corrected chi connectivity index (χ0v) is 23.1. The molecule has 8 nitrogen and oxygen atoms in total. The Labute approximate surface area is 233 Å². The van der Waals surface area contributed by atoms with Gasteiger partial charge in [-0.1, -0.05) is 35.9 Å². The lowest BCUT2D eigenvalue weighted by molar-refractivity contribution is -0.122. The summed E-state index contributed by atoms with van der Waals surface area (Å²) >= 11 is 12.9. The van der Waals surface area contributed by atoms with Crippen LogP contribution in [0.5, 0.6) is 5.75 Å². The number of rotatable bonds is 6. The second kappa shape index (κ2) is 11.3. The smallest absolute Gasteiger partial charge is 0.335 e. The maximum atomic E-state index is 13.0. The summed E-state index contributed by atoms with van der Waals surface area (Å²) in [5.74, 6) is -1.59. The van der Waals surface area contributed by atoms with Gasteiger partial charge in [-0.05, 0) is 92.4 Å². The average Bonchev–Trinajstić information content (AvgIpc) is 2.84. The summed E-state index contributed by atoms with van der Waals surface area (Å²) in [6.07, 6.45) is 1.37. The van der Waals surface area contributed by atoms with Gasteiger partial charge in [0.1, 0.15) is 11.3 Å². The number of para-hydroxylation sites is 1. The molecule has 0 aliphatic carbocycles. The number of barbiturate groups is 1. The molecule has 4 rings (SSSR count). The molecule has 3 aromatic carbocycles. The van der Waals surface area contributed by atoms with E-state index in [0.29, 0.717) is 36.7 Å². The molecule has 0 spiro atoms. The Morgan fingerprint density at radius 3 is 2.38 bits per heavy atom. The summed E-state index contributed by atoms with van der Waals surface area (Å²) in [6, 6.07) is 15.9. The van der Waals surface area contributed by atoms with E-state index in [1.165, 1.54) is 6.08 Å². The van der Waals surface area contributed by atoms with Crippen molar-refractivity contribution in [3.63, 3.8) is 0 Å². The van der Waals surface area contributed by atoms with Crippen LogP contribution in [0.1, 0.15) is 11.1 Å². The van der Waals surface area contributed by atoms with Gasteiger partial charge in [-0.3, -0.25) is 19.7 Å². The number of amides is 5. The molecule has 1 fully saturated rings. The molecule has 1 heterocycles. The second-order valence-corrected chi connectivity index (χ2v) is 10.0. The normalized spacial score (nSPS) is 14.5. The third-order valence-electron chi connectivity index (χ3n) is 5.25. The average molecular weight is 648 g/mol. The third kappa shape index (κ3) is 6.10. The molecular weight excluding hydrogens is 630 g/mol. The van der Waals surface area contributed by atoms with E-state index < -0.39 is 17.8 Å². The minimum absolute atomic E-state index is 0.216. The first-order chi connectivity index (χ1) is 17.6. The molecule has 0 saturated carbocycles. The highest BCUT2D eigenvalue weighted by Gasteiger charge is 2.36. The standard InChI is InChI=1S/C26H18Br2ClN3O5/c1-14-7-8-16(12-21(14)29)30-22(33)13-37-23-19(27)10-15(11-20(23)28)9-18-24(34)31-26(36)32(25(18)35)17-5-3-2-4-6-17/h2-12H,13H2,1H3,(H,30,33)(H,31,34,36)/b18-9-. The number of hydrogen-bond acceptors (Lipinski definition) is 5. The number of nitrogens with zero attached hydrogens (tertiary/aromatic N) is 1. The molecule has 37 heavy (non-hydrogen) atoms. The van der Waals surface area contributed by atoms with Gasteiger partial charge in [0, 0.05) is 10.7 Å². The van der Waals surface area contributed by atoms with E-state index in [0.717, 1.165) is 10.5 Å². The molecule has 0 atom stereocenters. The molecule has 188 valence electrons. The molecular formula is C26H18Br2ClN3O5. The number of halogens is 3. The number of benzene rings is 3. The van der Waals surface area contributed by atoms with E-state index in [9.17, 15) is 19.2 Å². The molecule has 0 unspecified atom stereocenters. The zero-order chi connectivity index (χ0) is 26.7. The maximum absolute atomic E-state index is 13.0. The Hall–Kier alpha value is -3.47. The number of hydrogen-bond donors (Lipinski definition) is 2. The van der Waals surface area contributed by atoms with E-state index in [1.807, 2.05) is 6.92 Å². The monoisotopic (exact) mass is 645 g/mol. The number of anilines is 2. The lowest BCUT2D eigenvalue weighted by atomic mass is 10.1. The number of urea groups is 1. The highest BCUT2D eigenvalue weighted by Crippen LogP contribution is 2.36. The van der Waals surface area contributed by atoms with Crippen LogP contribution >= 0.6 is 43.5 Å². The van der Waals surface area contributed by atoms with Gasteiger partial charge < -0.3 is 10.1 Å². The van der Waals surface area contributed by atoms with Crippen molar-refractivity contribution in [1.82, 2.24) is 5.32 Å². The molecule has 1 aliphatic heterocycles. The molecule has 2 N–H and O–H groups in total. The van der Waals surface area contributed by atoms with Crippen molar-refractivity contribution in [1.29, 1.82) is 0 Å². The molecule has 1 saturated heterocycles. The van der Waals surface area contributed by atoms with Gasteiger partial charge >= 0.3 is 6.03 Å². The third-order valence-corrected chi connectivity index (χ3v) is 6.84. The van der Waals surface area contributed by atoms with Crippen LogP contribution in [0.15, 0.2) is 75.2 Å². The lowest BCUT2D eigenvalue weighted by Gasteiger charge is -2.26. The Morgan fingerprint density at radius 1 is 1.05 bits per heavy atom. The van der Waals surface area contributed by atoms with E-state index in [-0.39, 0.29) is 18.1 Å². The number of ether oxygens (including phenoxy) is 1. The predicted molar refractivity (Wildman–Crippen MR) is 148 cm³/mol. The van der Waals surface area contributed by atoms with Crippen molar-refractivity contribution in [2.24, 2.45) is 0 Å². The SMILES string of the molecule is Cc1ccc(NC(=O)COc2c(Br)cc(/C=C3/C(=O)NC(=O)N(c4ccccc4)C3=O)cc2Br)cc1Cl. The van der Waals surface area contributed by atoms with Crippen molar-refractivity contribution in [3.05, 3.63) is 91.3 Å². The van der Waals surface area contributed by atoms with E-state index in [2.05, 4.69) is 42.5 Å². The first kappa shape index (κ1) is 26.6. The molecule has 11 heteroatoms. The quantitative estimate of drug-likeness (QED) is 0.258. The fourth-order valence-electron chi connectivity index (χ4n) is 3.44. The zero-order valence-electron chi connectivity index (χ0n) is 19.2. The summed E-state index contributed by atoms with van der Waals surface area (Å²) in [5.41, 5.74) is 2.03. The molecule has 3 aromatic rings. The van der Waals surface area contributed by atoms with Crippen LogP contribution in [0.25, 0.3) is 6.08 Å². The van der Waals surface area contributed by atoms with Crippen molar-refractivity contribution < 1.29 is 23.9 Å². The van der Waals surface area contributed by atoms with E-state index in [4.69, 9.17) is 16.3 Å². The Bertz CT molecular complexity index is 1440. The van der Waals surface area contributed by atoms with Crippen LogP contribution in [-0.4, -0.2) is 30.4 Å². The summed E-state index contributed by atoms with van der Waals surface area (Å²) in [6.45, 7) is 1.58. The number of aryl methyl sites for hydroxylation is 1. The summed E-state index contributed by atoms with van der Waals surface area (Å²) in [4.78, 5) is 51.0. The molecule has 1 aliphatic rings. The van der Waals surface area contributed by atoms with Crippen LogP contribution in [0, 0.1) is 6.92 Å². The van der Waals surface area contributed by atoms with Crippen LogP contribution in [0.2, 0.25) is 5.02 Å². The fourth-order valence-corrected chi connectivity index (χ4v) is 5.07. The van der Waals surface area contributed by atoms with Crippen molar-refractivity contribution in [2.45, 2.75) is 6.92 Å². The fraction of sp³-hybridized carbons (Fsp3) is 0.0769. The molecule has 0 aromatic heterocycles. The topological polar surface area (TPSA) is 105 Å². The maximum Gasteiger partial charge on any atom is 0.335 e. The molecule has 5 amide bonds. The van der Waals surface area contributed by atoms with Gasteiger partial charge in [0.05, 0.1) is 14.6 Å². The number of imide groups is 2. The number of nitrogens with one attached hydrogen (secondary N) is 2. The Morgan fingerprint density at radius 2 is 1.73 bits per heavy atom. The van der Waals surface area contributed by atoms with Gasteiger partial charge in [0.2, 0.25) is 0 Å². The minimum Gasteiger partial charge on any atom is -0.481 e. The first-order valence-corrected chi connectivity index (χ1v) is 12.7. The van der Waals surface area contributed by atoms with Gasteiger partial charge in [0.25, 0.3) is 17.7 Å². The van der Waals surface area contributed by atoms with Crippen molar-refractivity contribution in [3.8, 4) is 5.75 Å². The van der Waals surface area contributed by atoms with Gasteiger partial charge in [-0.15, -0.1) is 0 Å². The lowest BCUT2D eigenvalue weighted by Crippen LogP contribution is -2.54. The highest BCUT2D eigenvalue weighted by atomic mass is 79.9. The van der Waals surface area contributed by atoms with Gasteiger partial charge in [0.15, 0.2) is 6.61 Å². The van der Waals surface area contributed by atoms with Gasteiger partial charge in [-0.25, -0.2) is 9.69 Å². The highest BCUT2D eigenvalue weighted by molar-refractivity contribution is 9.11. The summed E-state index contributed by atoms with van der Waals surface area (Å²) < 4.78 is 6.62. The van der Waals surface area contributed by atoms with Crippen LogP contribution in [-0.2, 0) is 14.4 Å². The minimum atomic E-state index is -0.823. The largest absolute Gasteiger partial charge is 0.481 e. The summed E-state index contributed by atoms with van der Waals surface area (Å²) in [5, 5.41) is 5.44. The Kier molecular flexibility index (Phi) is 8.11.